The third-order valence-electron chi connectivity index (χ3n) is 3.62. The van der Waals surface area contributed by atoms with Crippen molar-refractivity contribution in [3.8, 4) is 0 Å². The molecule has 0 aromatic heterocycles. The first-order chi connectivity index (χ1) is 8.72. The van der Waals surface area contributed by atoms with Crippen molar-refractivity contribution in [1.82, 2.24) is 5.32 Å². The summed E-state index contributed by atoms with van der Waals surface area (Å²) in [6.45, 7) is 1.59. The van der Waals surface area contributed by atoms with Crippen LogP contribution >= 0.6 is 11.6 Å². The summed E-state index contributed by atoms with van der Waals surface area (Å²) in [7, 11) is 1.91. The fraction of sp³-hybridized carbons (Fsp3) is 0.571. The van der Waals surface area contributed by atoms with E-state index in [9.17, 15) is 4.39 Å². The standard InChI is InChI=1S/C14H19ClFNO/c1-17-14(10-4-3-7-18-9-10)8-11-12(15)5-2-6-13(11)16/h2,5-6,10,14,17H,3-4,7-9H2,1H3. The maximum absolute atomic E-state index is 13.8. The van der Waals surface area contributed by atoms with Gasteiger partial charge in [0.05, 0.1) is 6.61 Å². The third-order valence-corrected chi connectivity index (χ3v) is 3.98. The van der Waals surface area contributed by atoms with E-state index in [1.165, 1.54) is 6.07 Å². The van der Waals surface area contributed by atoms with Crippen molar-refractivity contribution in [3.05, 3.63) is 34.6 Å². The first-order valence-electron chi connectivity index (χ1n) is 6.40. The summed E-state index contributed by atoms with van der Waals surface area (Å²) in [4.78, 5) is 0. The number of rotatable bonds is 4. The second-order valence-electron chi connectivity index (χ2n) is 4.78. The fourth-order valence-electron chi connectivity index (χ4n) is 2.53. The molecule has 0 saturated carbocycles. The molecule has 0 radical (unpaired) electrons. The number of halogens is 2. The monoisotopic (exact) mass is 271 g/mol. The average molecular weight is 272 g/mol. The molecule has 0 amide bonds. The van der Waals surface area contributed by atoms with Crippen LogP contribution in [0.15, 0.2) is 18.2 Å². The topological polar surface area (TPSA) is 21.3 Å². The Hall–Kier alpha value is -0.640. The second kappa shape index (κ2) is 6.50. The first kappa shape index (κ1) is 13.8. The minimum absolute atomic E-state index is 0.208. The maximum atomic E-state index is 13.8. The molecule has 1 aliphatic rings. The van der Waals surface area contributed by atoms with Gasteiger partial charge >= 0.3 is 0 Å². The van der Waals surface area contributed by atoms with Gasteiger partial charge in [-0.05, 0) is 44.4 Å². The van der Waals surface area contributed by atoms with Gasteiger partial charge in [0.2, 0.25) is 0 Å². The quantitative estimate of drug-likeness (QED) is 0.909. The van der Waals surface area contributed by atoms with Crippen LogP contribution in [0.2, 0.25) is 5.02 Å². The number of ether oxygens (including phenoxy) is 1. The number of benzene rings is 1. The lowest BCUT2D eigenvalue weighted by Gasteiger charge is -2.30. The highest BCUT2D eigenvalue weighted by molar-refractivity contribution is 6.31. The summed E-state index contributed by atoms with van der Waals surface area (Å²) in [5, 5.41) is 3.78. The van der Waals surface area contributed by atoms with E-state index < -0.39 is 0 Å². The van der Waals surface area contributed by atoms with Crippen molar-refractivity contribution in [2.24, 2.45) is 5.92 Å². The van der Waals surface area contributed by atoms with Gasteiger partial charge in [-0.2, -0.15) is 0 Å². The minimum Gasteiger partial charge on any atom is -0.381 e. The number of likely N-dealkylation sites (N-methyl/N-ethyl adjacent to an activating group) is 1. The van der Waals surface area contributed by atoms with E-state index in [1.807, 2.05) is 7.05 Å². The van der Waals surface area contributed by atoms with E-state index in [0.29, 0.717) is 22.9 Å². The van der Waals surface area contributed by atoms with Gasteiger partial charge in [0.1, 0.15) is 5.82 Å². The summed E-state index contributed by atoms with van der Waals surface area (Å²) in [6, 6.07) is 5.05. The molecule has 1 heterocycles. The molecular formula is C14H19ClFNO. The van der Waals surface area contributed by atoms with Crippen LogP contribution in [-0.4, -0.2) is 26.3 Å². The molecular weight excluding hydrogens is 253 g/mol. The molecule has 2 unspecified atom stereocenters. The molecule has 4 heteroatoms. The van der Waals surface area contributed by atoms with Crippen molar-refractivity contribution in [1.29, 1.82) is 0 Å². The van der Waals surface area contributed by atoms with Crippen LogP contribution in [0.3, 0.4) is 0 Å². The van der Waals surface area contributed by atoms with Gasteiger partial charge < -0.3 is 10.1 Å². The van der Waals surface area contributed by atoms with Gasteiger partial charge in [-0.25, -0.2) is 4.39 Å². The van der Waals surface area contributed by atoms with Crippen LogP contribution in [0.5, 0.6) is 0 Å². The van der Waals surface area contributed by atoms with Crippen molar-refractivity contribution in [2.45, 2.75) is 25.3 Å². The highest BCUT2D eigenvalue weighted by atomic mass is 35.5. The summed E-state index contributed by atoms with van der Waals surface area (Å²) in [6.07, 6.45) is 2.81. The zero-order valence-corrected chi connectivity index (χ0v) is 11.3. The molecule has 0 aliphatic carbocycles. The van der Waals surface area contributed by atoms with E-state index in [0.717, 1.165) is 26.1 Å². The lowest BCUT2D eigenvalue weighted by molar-refractivity contribution is 0.0404. The summed E-state index contributed by atoms with van der Waals surface area (Å²) in [5.41, 5.74) is 0.601. The van der Waals surface area contributed by atoms with Gasteiger partial charge in [-0.15, -0.1) is 0 Å². The molecule has 0 bridgehead atoms. The van der Waals surface area contributed by atoms with Crippen LogP contribution < -0.4 is 5.32 Å². The Morgan fingerprint density at radius 3 is 3.00 bits per heavy atom. The van der Waals surface area contributed by atoms with Crippen molar-refractivity contribution >= 4 is 11.6 Å². The lowest BCUT2D eigenvalue weighted by Crippen LogP contribution is -2.40. The van der Waals surface area contributed by atoms with Gasteiger partial charge in [-0.3, -0.25) is 0 Å². The third kappa shape index (κ3) is 3.22. The molecule has 1 aliphatic heterocycles. The molecule has 18 heavy (non-hydrogen) atoms. The highest BCUT2D eigenvalue weighted by Gasteiger charge is 2.24. The van der Waals surface area contributed by atoms with E-state index in [2.05, 4.69) is 5.32 Å². The molecule has 1 fully saturated rings. The Labute approximate surface area is 112 Å². The van der Waals surface area contributed by atoms with Crippen LogP contribution in [-0.2, 0) is 11.2 Å². The predicted octanol–water partition coefficient (Wildman–Crippen LogP) is 3.04. The molecule has 1 N–H and O–H groups in total. The summed E-state index contributed by atoms with van der Waals surface area (Å²) < 4.78 is 19.3. The Bertz CT molecular complexity index is 373. The van der Waals surface area contributed by atoms with Gasteiger partial charge in [0.15, 0.2) is 0 Å². The Kier molecular flexibility index (Phi) is 4.98. The summed E-state index contributed by atoms with van der Waals surface area (Å²) in [5.74, 6) is 0.207. The minimum atomic E-state index is -0.223. The molecule has 1 aromatic carbocycles. The molecule has 2 nitrogen and oxygen atoms in total. The van der Waals surface area contributed by atoms with Crippen LogP contribution in [0.4, 0.5) is 4.39 Å². The van der Waals surface area contributed by atoms with Crippen LogP contribution in [0.25, 0.3) is 0 Å². The van der Waals surface area contributed by atoms with E-state index in [4.69, 9.17) is 16.3 Å². The first-order valence-corrected chi connectivity index (χ1v) is 6.78. The van der Waals surface area contributed by atoms with Crippen molar-refractivity contribution in [3.63, 3.8) is 0 Å². The van der Waals surface area contributed by atoms with E-state index >= 15 is 0 Å². The Morgan fingerprint density at radius 2 is 2.39 bits per heavy atom. The van der Waals surface area contributed by atoms with Gasteiger partial charge in [-0.1, -0.05) is 17.7 Å². The molecule has 2 atom stereocenters. The molecule has 1 aromatic rings. The molecule has 2 rings (SSSR count). The SMILES string of the molecule is CNC(Cc1c(F)cccc1Cl)C1CCCOC1. The number of nitrogens with one attached hydrogen (secondary N) is 1. The lowest BCUT2D eigenvalue weighted by atomic mass is 9.89. The molecule has 1 saturated heterocycles. The Morgan fingerprint density at radius 1 is 1.56 bits per heavy atom. The van der Waals surface area contributed by atoms with Crippen molar-refractivity contribution in [2.75, 3.05) is 20.3 Å². The average Bonchev–Trinajstić information content (AvgIpc) is 2.40. The van der Waals surface area contributed by atoms with Crippen LogP contribution in [0, 0.1) is 11.7 Å². The number of hydrogen-bond donors (Lipinski definition) is 1. The molecule has 100 valence electrons. The van der Waals surface area contributed by atoms with E-state index in [-0.39, 0.29) is 11.9 Å². The summed E-state index contributed by atoms with van der Waals surface area (Å²) >= 11 is 6.07. The van der Waals surface area contributed by atoms with Crippen molar-refractivity contribution < 1.29 is 9.13 Å². The number of hydrogen-bond acceptors (Lipinski definition) is 2. The Balaban J connectivity index is 2.09. The van der Waals surface area contributed by atoms with Crippen LogP contribution in [0.1, 0.15) is 18.4 Å². The van der Waals surface area contributed by atoms with E-state index in [1.54, 1.807) is 12.1 Å². The normalized spacial score (nSPS) is 21.8. The highest BCUT2D eigenvalue weighted by Crippen LogP contribution is 2.25. The second-order valence-corrected chi connectivity index (χ2v) is 5.18. The molecule has 0 spiro atoms. The zero-order chi connectivity index (χ0) is 13.0. The zero-order valence-electron chi connectivity index (χ0n) is 10.6. The van der Waals surface area contributed by atoms with Gasteiger partial charge in [0, 0.05) is 23.2 Å². The van der Waals surface area contributed by atoms with Gasteiger partial charge in [0.25, 0.3) is 0 Å². The predicted molar refractivity (Wildman–Crippen MR) is 71.5 cm³/mol. The maximum Gasteiger partial charge on any atom is 0.127 e. The fourth-order valence-corrected chi connectivity index (χ4v) is 2.77. The largest absolute Gasteiger partial charge is 0.381 e. The smallest absolute Gasteiger partial charge is 0.127 e.